The molecular formula is C20H16N2O6S. The molecule has 3 rings (SSSR count). The van der Waals surface area contributed by atoms with E-state index in [1.807, 2.05) is 30.3 Å². The smallest absolute Gasteiger partial charge is 0.335 e. The third kappa shape index (κ3) is 4.82. The van der Waals surface area contributed by atoms with Crippen molar-refractivity contribution < 1.29 is 29.4 Å². The molecule has 0 bridgehead atoms. The summed E-state index contributed by atoms with van der Waals surface area (Å²) in [5.74, 6) is -3.26. The molecule has 0 radical (unpaired) electrons. The van der Waals surface area contributed by atoms with Gasteiger partial charge in [0.1, 0.15) is 6.54 Å². The first-order valence-electron chi connectivity index (χ1n) is 8.44. The van der Waals surface area contributed by atoms with Crippen LogP contribution < -0.4 is 5.32 Å². The molecule has 1 heterocycles. The molecule has 29 heavy (non-hydrogen) atoms. The van der Waals surface area contributed by atoms with Crippen molar-refractivity contribution in [3.63, 3.8) is 0 Å². The van der Waals surface area contributed by atoms with Crippen LogP contribution in [0.5, 0.6) is 0 Å². The van der Waals surface area contributed by atoms with E-state index in [0.717, 1.165) is 23.8 Å². The highest BCUT2D eigenvalue weighted by Crippen LogP contribution is 2.28. The zero-order chi connectivity index (χ0) is 21.0. The molecule has 1 aliphatic rings. The second kappa shape index (κ2) is 8.61. The molecule has 0 atom stereocenters. The summed E-state index contributed by atoms with van der Waals surface area (Å²) in [7, 11) is 0. The van der Waals surface area contributed by atoms with Crippen LogP contribution in [0.25, 0.3) is 5.70 Å². The van der Waals surface area contributed by atoms with E-state index < -0.39 is 17.8 Å². The fourth-order valence-corrected chi connectivity index (χ4v) is 3.57. The topological polar surface area (TPSA) is 124 Å². The lowest BCUT2D eigenvalue weighted by Crippen LogP contribution is -2.39. The summed E-state index contributed by atoms with van der Waals surface area (Å²) in [5, 5.41) is 22.6. The van der Waals surface area contributed by atoms with Gasteiger partial charge in [0, 0.05) is 5.69 Å². The van der Waals surface area contributed by atoms with Crippen LogP contribution in [0, 0.1) is 0 Å². The van der Waals surface area contributed by atoms with Gasteiger partial charge in [0.2, 0.25) is 11.8 Å². The third-order valence-electron chi connectivity index (χ3n) is 4.08. The lowest BCUT2D eigenvalue weighted by Gasteiger charge is -2.28. The van der Waals surface area contributed by atoms with E-state index in [1.165, 1.54) is 16.7 Å². The Bertz CT molecular complexity index is 987. The van der Waals surface area contributed by atoms with Gasteiger partial charge in [-0.05, 0) is 29.2 Å². The summed E-state index contributed by atoms with van der Waals surface area (Å²) in [6.45, 7) is -0.292. The van der Waals surface area contributed by atoms with Crippen molar-refractivity contribution in [2.75, 3.05) is 17.6 Å². The van der Waals surface area contributed by atoms with Gasteiger partial charge in [-0.25, -0.2) is 9.59 Å². The molecule has 2 aromatic rings. The molecule has 3 N–H and O–H groups in total. The van der Waals surface area contributed by atoms with Gasteiger partial charge in [0.25, 0.3) is 0 Å². The molecule has 9 heteroatoms. The van der Waals surface area contributed by atoms with Crippen LogP contribution >= 0.6 is 11.8 Å². The lowest BCUT2D eigenvalue weighted by molar-refractivity contribution is -0.129. The molecule has 1 aliphatic heterocycles. The molecule has 0 saturated carbocycles. The number of nitrogens with one attached hydrogen (secondary N) is 1. The number of carboxylic acids is 2. The number of carboxylic acid groups (broad SMARTS) is 2. The summed E-state index contributed by atoms with van der Waals surface area (Å²) in [5.41, 5.74) is 0.858. The summed E-state index contributed by atoms with van der Waals surface area (Å²) in [6.07, 6.45) is 0. The number of thioether (sulfide) groups is 1. The van der Waals surface area contributed by atoms with E-state index in [9.17, 15) is 19.2 Å². The molecule has 2 aromatic carbocycles. The largest absolute Gasteiger partial charge is 0.478 e. The van der Waals surface area contributed by atoms with Crippen molar-refractivity contribution in [1.29, 1.82) is 0 Å². The molecular weight excluding hydrogens is 396 g/mol. The molecule has 0 spiro atoms. The number of benzene rings is 2. The highest BCUT2D eigenvalue weighted by molar-refractivity contribution is 8.03. The molecule has 2 amide bonds. The van der Waals surface area contributed by atoms with E-state index in [1.54, 1.807) is 5.41 Å². The maximum Gasteiger partial charge on any atom is 0.335 e. The SMILES string of the molecule is O=C(CN1C(=O)CSC=C1c1ccccc1)Nc1cc(C(=O)O)cc(C(=O)O)c1. The zero-order valence-corrected chi connectivity index (χ0v) is 15.8. The number of carbonyl (C=O) groups excluding carboxylic acids is 2. The Hall–Kier alpha value is -3.59. The van der Waals surface area contributed by atoms with Crippen molar-refractivity contribution in [1.82, 2.24) is 4.90 Å². The Morgan fingerprint density at radius 2 is 1.62 bits per heavy atom. The number of carbonyl (C=O) groups is 4. The Morgan fingerprint density at radius 1 is 1.00 bits per heavy atom. The van der Waals surface area contributed by atoms with E-state index in [2.05, 4.69) is 5.32 Å². The van der Waals surface area contributed by atoms with E-state index >= 15 is 0 Å². The number of rotatable bonds is 6. The fraction of sp³-hybridized carbons (Fsp3) is 0.100. The van der Waals surface area contributed by atoms with E-state index in [-0.39, 0.29) is 35.0 Å². The molecule has 0 aromatic heterocycles. The van der Waals surface area contributed by atoms with Crippen molar-refractivity contribution in [3.8, 4) is 0 Å². The molecule has 8 nitrogen and oxygen atoms in total. The van der Waals surface area contributed by atoms with Gasteiger partial charge in [-0.15, -0.1) is 11.8 Å². The highest BCUT2D eigenvalue weighted by Gasteiger charge is 2.25. The quantitative estimate of drug-likeness (QED) is 0.666. The number of hydrogen-bond acceptors (Lipinski definition) is 5. The van der Waals surface area contributed by atoms with Crippen molar-refractivity contribution >= 4 is 46.9 Å². The molecule has 0 aliphatic carbocycles. The van der Waals surface area contributed by atoms with Gasteiger partial charge in [-0.2, -0.15) is 0 Å². The van der Waals surface area contributed by atoms with Crippen LogP contribution in [0.2, 0.25) is 0 Å². The second-order valence-corrected chi connectivity index (χ2v) is 6.98. The Kier molecular flexibility index (Phi) is 5.99. The van der Waals surface area contributed by atoms with Gasteiger partial charge in [0.05, 0.1) is 22.6 Å². The van der Waals surface area contributed by atoms with Gasteiger partial charge in [-0.1, -0.05) is 30.3 Å². The number of nitrogens with zero attached hydrogens (tertiary/aromatic N) is 1. The number of aromatic carboxylic acids is 2. The lowest BCUT2D eigenvalue weighted by atomic mass is 10.1. The minimum atomic E-state index is -1.32. The summed E-state index contributed by atoms with van der Waals surface area (Å²) in [4.78, 5) is 48.7. The monoisotopic (exact) mass is 412 g/mol. The molecule has 0 fully saturated rings. The van der Waals surface area contributed by atoms with Gasteiger partial charge in [0.15, 0.2) is 0 Å². The average Bonchev–Trinajstić information content (AvgIpc) is 2.69. The van der Waals surface area contributed by atoms with Crippen molar-refractivity contribution in [2.24, 2.45) is 0 Å². The normalized spacial score (nSPS) is 13.6. The highest BCUT2D eigenvalue weighted by atomic mass is 32.2. The van der Waals surface area contributed by atoms with E-state index in [0.29, 0.717) is 5.70 Å². The predicted molar refractivity (Wildman–Crippen MR) is 108 cm³/mol. The van der Waals surface area contributed by atoms with Crippen LogP contribution in [0.4, 0.5) is 5.69 Å². The Labute approximate surface area is 169 Å². The maximum absolute atomic E-state index is 12.5. The average molecular weight is 412 g/mol. The van der Waals surface area contributed by atoms with E-state index in [4.69, 9.17) is 10.2 Å². The predicted octanol–water partition coefficient (Wildman–Crippen LogP) is 2.60. The Balaban J connectivity index is 1.81. The Morgan fingerprint density at radius 3 is 2.21 bits per heavy atom. The number of anilines is 1. The zero-order valence-electron chi connectivity index (χ0n) is 15.0. The van der Waals surface area contributed by atoms with Crippen molar-refractivity contribution in [2.45, 2.75) is 0 Å². The first-order valence-corrected chi connectivity index (χ1v) is 9.49. The molecule has 0 unspecified atom stereocenters. The summed E-state index contributed by atoms with van der Waals surface area (Å²) < 4.78 is 0. The first-order chi connectivity index (χ1) is 13.8. The number of hydrogen-bond donors (Lipinski definition) is 3. The number of amides is 2. The van der Waals surface area contributed by atoms with Crippen molar-refractivity contribution in [3.05, 3.63) is 70.6 Å². The fourth-order valence-electron chi connectivity index (χ4n) is 2.76. The maximum atomic E-state index is 12.5. The van der Waals surface area contributed by atoms with Crippen LogP contribution in [0.3, 0.4) is 0 Å². The van der Waals surface area contributed by atoms with Crippen LogP contribution in [-0.2, 0) is 9.59 Å². The summed E-state index contributed by atoms with van der Waals surface area (Å²) >= 11 is 1.34. The molecule has 148 valence electrons. The standard InChI is InChI=1S/C20H16N2O6S/c23-17(21-15-7-13(19(25)26)6-14(8-15)20(27)28)9-22-16(10-29-11-18(22)24)12-4-2-1-3-5-12/h1-8,10H,9,11H2,(H,21,23)(H,25,26)(H,27,28). The van der Waals surface area contributed by atoms with Gasteiger partial charge >= 0.3 is 11.9 Å². The minimum Gasteiger partial charge on any atom is -0.478 e. The minimum absolute atomic E-state index is 0.0244. The first kappa shape index (κ1) is 20.2. The van der Waals surface area contributed by atoms with Crippen LogP contribution in [-0.4, -0.2) is 51.2 Å². The summed E-state index contributed by atoms with van der Waals surface area (Å²) in [6, 6.07) is 12.5. The molecule has 0 saturated heterocycles. The van der Waals surface area contributed by atoms with Gasteiger partial charge < -0.3 is 20.4 Å². The van der Waals surface area contributed by atoms with Crippen LogP contribution in [0.1, 0.15) is 26.3 Å². The third-order valence-corrected chi connectivity index (χ3v) is 4.88. The van der Waals surface area contributed by atoms with Crippen LogP contribution in [0.15, 0.2) is 53.9 Å². The second-order valence-electron chi connectivity index (χ2n) is 6.12. The van der Waals surface area contributed by atoms with Gasteiger partial charge in [-0.3, -0.25) is 9.59 Å².